The van der Waals surface area contributed by atoms with Gasteiger partial charge in [0, 0.05) is 22.7 Å². The summed E-state index contributed by atoms with van der Waals surface area (Å²) in [6, 6.07) is 21.7. The molecule has 0 aliphatic heterocycles. The topological polar surface area (TPSA) is 64.9 Å². The molecule has 0 atom stereocenters. The van der Waals surface area contributed by atoms with Crippen molar-refractivity contribution in [2.75, 3.05) is 5.43 Å². The van der Waals surface area contributed by atoms with E-state index in [9.17, 15) is 4.39 Å². The van der Waals surface area contributed by atoms with Crippen LogP contribution < -0.4 is 5.43 Å². The Bertz CT molecular complexity index is 1180. The highest BCUT2D eigenvalue weighted by Crippen LogP contribution is 2.22. The standard InChI is InChI=1S/C22H18FN5/c1-15-7-2-4-11-20(15)26-28-22(27-25-17-9-6-8-16(23)13-17)19-14-24-21-12-5-3-10-18(19)21/h2-14,24-25H,1H3/b27-22+,28-26?. The molecule has 1 heterocycles. The van der Waals surface area contributed by atoms with Crippen LogP contribution in [0.15, 0.2) is 94.3 Å². The maximum absolute atomic E-state index is 13.5. The fourth-order valence-corrected chi connectivity index (χ4v) is 2.85. The predicted molar refractivity (Wildman–Crippen MR) is 111 cm³/mol. The van der Waals surface area contributed by atoms with Gasteiger partial charge in [-0.15, -0.1) is 10.2 Å². The Hall–Kier alpha value is -3.80. The van der Waals surface area contributed by atoms with Crippen LogP contribution in [0.5, 0.6) is 0 Å². The number of fused-ring (bicyclic) bond motifs is 1. The summed E-state index contributed by atoms with van der Waals surface area (Å²) in [7, 11) is 0. The van der Waals surface area contributed by atoms with Crippen LogP contribution in [0.1, 0.15) is 11.1 Å². The van der Waals surface area contributed by atoms with Gasteiger partial charge in [0.15, 0.2) is 0 Å². The average Bonchev–Trinajstić information content (AvgIpc) is 3.13. The number of aromatic nitrogens is 1. The second-order valence-electron chi connectivity index (χ2n) is 6.29. The monoisotopic (exact) mass is 371 g/mol. The maximum atomic E-state index is 13.5. The number of aryl methyl sites for hydroxylation is 1. The predicted octanol–water partition coefficient (Wildman–Crippen LogP) is 6.17. The Morgan fingerprint density at radius 3 is 2.64 bits per heavy atom. The van der Waals surface area contributed by atoms with Gasteiger partial charge in [0.05, 0.1) is 11.4 Å². The lowest BCUT2D eigenvalue weighted by Gasteiger charge is -2.03. The average molecular weight is 371 g/mol. The molecule has 0 amide bonds. The first-order valence-corrected chi connectivity index (χ1v) is 8.84. The summed E-state index contributed by atoms with van der Waals surface area (Å²) >= 11 is 0. The summed E-state index contributed by atoms with van der Waals surface area (Å²) in [6.45, 7) is 1.97. The zero-order valence-electron chi connectivity index (χ0n) is 15.2. The summed E-state index contributed by atoms with van der Waals surface area (Å²) < 4.78 is 13.5. The third-order valence-corrected chi connectivity index (χ3v) is 4.31. The highest BCUT2D eigenvalue weighted by atomic mass is 19.1. The second-order valence-corrected chi connectivity index (χ2v) is 6.29. The molecule has 28 heavy (non-hydrogen) atoms. The number of anilines is 1. The number of para-hydroxylation sites is 1. The molecule has 0 radical (unpaired) electrons. The lowest BCUT2D eigenvalue weighted by Crippen LogP contribution is -2.01. The number of nitrogens with zero attached hydrogens (tertiary/aromatic N) is 3. The molecule has 0 fully saturated rings. The van der Waals surface area contributed by atoms with E-state index in [1.54, 1.807) is 12.1 Å². The van der Waals surface area contributed by atoms with Crippen LogP contribution >= 0.6 is 0 Å². The summed E-state index contributed by atoms with van der Waals surface area (Å²) in [5.74, 6) is 0.0559. The number of amidine groups is 1. The fraction of sp³-hybridized carbons (Fsp3) is 0.0455. The number of hydrogen-bond acceptors (Lipinski definition) is 3. The third-order valence-electron chi connectivity index (χ3n) is 4.31. The van der Waals surface area contributed by atoms with Gasteiger partial charge in [0.2, 0.25) is 5.84 Å². The first-order valence-electron chi connectivity index (χ1n) is 8.84. The van der Waals surface area contributed by atoms with Gasteiger partial charge in [-0.05, 0) is 42.8 Å². The van der Waals surface area contributed by atoms with Gasteiger partial charge in [-0.1, -0.05) is 42.5 Å². The van der Waals surface area contributed by atoms with E-state index in [1.165, 1.54) is 12.1 Å². The van der Waals surface area contributed by atoms with Gasteiger partial charge in [-0.3, -0.25) is 5.43 Å². The number of hydrazone groups is 1. The van der Waals surface area contributed by atoms with Crippen molar-refractivity contribution in [2.45, 2.75) is 6.92 Å². The molecule has 138 valence electrons. The molecular formula is C22H18FN5. The van der Waals surface area contributed by atoms with Crippen molar-refractivity contribution < 1.29 is 4.39 Å². The van der Waals surface area contributed by atoms with Crippen molar-refractivity contribution >= 4 is 28.1 Å². The number of aromatic amines is 1. The van der Waals surface area contributed by atoms with Crippen molar-refractivity contribution in [1.29, 1.82) is 0 Å². The summed E-state index contributed by atoms with van der Waals surface area (Å²) in [5.41, 5.74) is 6.96. The molecule has 0 saturated carbocycles. The van der Waals surface area contributed by atoms with E-state index in [4.69, 9.17) is 0 Å². The smallest absolute Gasteiger partial charge is 0.203 e. The number of hydrogen-bond donors (Lipinski definition) is 2. The molecule has 4 rings (SSSR count). The first-order chi connectivity index (χ1) is 13.7. The molecule has 0 aliphatic carbocycles. The molecule has 0 spiro atoms. The van der Waals surface area contributed by atoms with Gasteiger partial charge in [0.25, 0.3) is 0 Å². The molecule has 6 heteroatoms. The summed E-state index contributed by atoms with van der Waals surface area (Å²) in [6.07, 6.45) is 1.84. The Morgan fingerprint density at radius 1 is 0.964 bits per heavy atom. The molecule has 0 aliphatic rings. The second kappa shape index (κ2) is 7.84. The van der Waals surface area contributed by atoms with Gasteiger partial charge in [-0.2, -0.15) is 5.10 Å². The van der Waals surface area contributed by atoms with Crippen molar-refractivity contribution in [3.05, 3.63) is 95.9 Å². The minimum atomic E-state index is -0.338. The molecule has 1 aromatic heterocycles. The number of H-pyrrole nitrogens is 1. The molecule has 5 nitrogen and oxygen atoms in total. The van der Waals surface area contributed by atoms with Gasteiger partial charge >= 0.3 is 0 Å². The number of azo groups is 1. The minimum absolute atomic E-state index is 0.338. The van der Waals surface area contributed by atoms with E-state index in [0.29, 0.717) is 11.5 Å². The fourth-order valence-electron chi connectivity index (χ4n) is 2.85. The number of rotatable bonds is 4. The molecular weight excluding hydrogens is 353 g/mol. The highest BCUT2D eigenvalue weighted by molar-refractivity contribution is 6.10. The van der Waals surface area contributed by atoms with Crippen molar-refractivity contribution in [2.24, 2.45) is 15.3 Å². The Kier molecular flexibility index (Phi) is 4.93. The van der Waals surface area contributed by atoms with Crippen LogP contribution in [0, 0.1) is 12.7 Å². The van der Waals surface area contributed by atoms with E-state index >= 15 is 0 Å². The van der Waals surface area contributed by atoms with Crippen molar-refractivity contribution in [1.82, 2.24) is 4.98 Å². The van der Waals surface area contributed by atoms with Crippen LogP contribution in [-0.2, 0) is 0 Å². The highest BCUT2D eigenvalue weighted by Gasteiger charge is 2.10. The minimum Gasteiger partial charge on any atom is -0.360 e. The van der Waals surface area contributed by atoms with E-state index in [-0.39, 0.29) is 5.82 Å². The summed E-state index contributed by atoms with van der Waals surface area (Å²) in [5, 5.41) is 14.1. The van der Waals surface area contributed by atoms with Gasteiger partial charge < -0.3 is 4.98 Å². The van der Waals surface area contributed by atoms with E-state index in [0.717, 1.165) is 27.7 Å². The molecule has 0 unspecified atom stereocenters. The Labute approximate surface area is 161 Å². The lowest BCUT2D eigenvalue weighted by atomic mass is 10.1. The summed E-state index contributed by atoms with van der Waals surface area (Å²) in [4.78, 5) is 3.22. The van der Waals surface area contributed by atoms with Crippen LogP contribution in [0.4, 0.5) is 15.8 Å². The Balaban J connectivity index is 1.74. The first kappa shape index (κ1) is 17.6. The largest absolute Gasteiger partial charge is 0.360 e. The zero-order chi connectivity index (χ0) is 19.3. The molecule has 2 N–H and O–H groups in total. The van der Waals surface area contributed by atoms with E-state index < -0.39 is 0 Å². The normalized spacial score (nSPS) is 12.0. The molecule has 3 aromatic carbocycles. The number of benzene rings is 3. The van der Waals surface area contributed by atoms with Crippen molar-refractivity contribution in [3.8, 4) is 0 Å². The number of nitrogens with one attached hydrogen (secondary N) is 2. The van der Waals surface area contributed by atoms with Crippen LogP contribution in [0.3, 0.4) is 0 Å². The van der Waals surface area contributed by atoms with Crippen LogP contribution in [0.25, 0.3) is 10.9 Å². The molecule has 4 aromatic rings. The van der Waals surface area contributed by atoms with Crippen LogP contribution in [-0.4, -0.2) is 10.8 Å². The third kappa shape index (κ3) is 3.81. The zero-order valence-corrected chi connectivity index (χ0v) is 15.2. The van der Waals surface area contributed by atoms with Gasteiger partial charge in [-0.25, -0.2) is 4.39 Å². The van der Waals surface area contributed by atoms with Gasteiger partial charge in [0.1, 0.15) is 5.82 Å². The van der Waals surface area contributed by atoms with E-state index in [2.05, 4.69) is 25.7 Å². The van der Waals surface area contributed by atoms with Crippen molar-refractivity contribution in [3.63, 3.8) is 0 Å². The Morgan fingerprint density at radius 2 is 1.79 bits per heavy atom. The molecule has 0 saturated heterocycles. The quantitative estimate of drug-likeness (QED) is 0.191. The molecule has 0 bridgehead atoms. The maximum Gasteiger partial charge on any atom is 0.203 e. The lowest BCUT2D eigenvalue weighted by molar-refractivity contribution is 0.628. The number of halogens is 1. The van der Waals surface area contributed by atoms with Crippen LogP contribution in [0.2, 0.25) is 0 Å². The van der Waals surface area contributed by atoms with E-state index in [1.807, 2.05) is 61.7 Å². The SMILES string of the molecule is Cc1ccccc1N=N/C(=N/Nc1cccc(F)c1)c1c[nH]c2ccccc12.